The van der Waals surface area contributed by atoms with Gasteiger partial charge in [-0.3, -0.25) is 9.59 Å². The fourth-order valence-electron chi connectivity index (χ4n) is 2.80. The van der Waals surface area contributed by atoms with Crippen molar-refractivity contribution >= 4 is 29.3 Å². The Morgan fingerprint density at radius 2 is 2.18 bits per heavy atom. The number of hydrogen-bond acceptors (Lipinski definition) is 6. The average molecular weight is 397 g/mol. The number of amides is 2. The molecule has 0 fully saturated rings. The molecule has 1 atom stereocenters. The van der Waals surface area contributed by atoms with E-state index in [0.717, 1.165) is 17.5 Å². The lowest BCUT2D eigenvalue weighted by molar-refractivity contribution is -0.121. The van der Waals surface area contributed by atoms with Crippen LogP contribution >= 0.6 is 11.8 Å². The molecule has 0 unspecified atom stereocenters. The van der Waals surface area contributed by atoms with E-state index in [9.17, 15) is 14.9 Å². The number of furan rings is 1. The second-order valence-electron chi connectivity index (χ2n) is 5.97. The topological polar surface area (TPSA) is 104 Å². The third-order valence-corrected chi connectivity index (χ3v) is 5.06. The van der Waals surface area contributed by atoms with Gasteiger partial charge in [0, 0.05) is 12.1 Å². The van der Waals surface area contributed by atoms with E-state index in [0.29, 0.717) is 28.7 Å². The van der Waals surface area contributed by atoms with Crippen molar-refractivity contribution in [2.45, 2.75) is 19.3 Å². The summed E-state index contributed by atoms with van der Waals surface area (Å²) in [5.74, 6) is 0.447. The molecule has 0 radical (unpaired) electrons. The van der Waals surface area contributed by atoms with Gasteiger partial charge >= 0.3 is 0 Å². The van der Waals surface area contributed by atoms with Gasteiger partial charge in [0.2, 0.25) is 11.8 Å². The van der Waals surface area contributed by atoms with Crippen molar-refractivity contribution in [3.63, 3.8) is 0 Å². The predicted octanol–water partition coefficient (Wildman–Crippen LogP) is 3.39. The van der Waals surface area contributed by atoms with Crippen LogP contribution in [-0.2, 0) is 9.59 Å². The van der Waals surface area contributed by atoms with Crippen LogP contribution in [0.5, 0.6) is 5.75 Å². The highest BCUT2D eigenvalue weighted by Crippen LogP contribution is 2.36. The van der Waals surface area contributed by atoms with E-state index in [2.05, 4.69) is 16.7 Å². The molecule has 0 spiro atoms. The summed E-state index contributed by atoms with van der Waals surface area (Å²) in [6.07, 6.45) is 1.65. The van der Waals surface area contributed by atoms with E-state index in [-0.39, 0.29) is 24.0 Å². The monoisotopic (exact) mass is 397 g/mol. The molecule has 144 valence electrons. The Morgan fingerprint density at radius 3 is 2.82 bits per heavy atom. The van der Waals surface area contributed by atoms with Crippen LogP contribution in [0.4, 0.5) is 5.69 Å². The zero-order valence-electron chi connectivity index (χ0n) is 15.2. The summed E-state index contributed by atoms with van der Waals surface area (Å²) >= 11 is 1.12. The second kappa shape index (κ2) is 9.15. The van der Waals surface area contributed by atoms with Crippen LogP contribution in [0.1, 0.15) is 25.0 Å². The molecule has 8 heteroatoms. The van der Waals surface area contributed by atoms with Gasteiger partial charge in [-0.25, -0.2) is 0 Å². The van der Waals surface area contributed by atoms with Gasteiger partial charge in [0.25, 0.3) is 0 Å². The van der Waals surface area contributed by atoms with E-state index < -0.39 is 5.92 Å². The fraction of sp³-hybridized carbons (Fsp3) is 0.250. The van der Waals surface area contributed by atoms with E-state index in [1.165, 1.54) is 6.26 Å². The molecule has 0 aliphatic carbocycles. The van der Waals surface area contributed by atoms with E-state index in [4.69, 9.17) is 9.15 Å². The first kappa shape index (κ1) is 19.6. The van der Waals surface area contributed by atoms with Gasteiger partial charge in [0.1, 0.15) is 11.5 Å². The number of anilines is 1. The highest BCUT2D eigenvalue weighted by molar-refractivity contribution is 8.03. The second-order valence-corrected chi connectivity index (χ2v) is 6.95. The number of carbonyl (C=O) groups excluding carboxylic acids is 2. The van der Waals surface area contributed by atoms with Crippen molar-refractivity contribution in [2.75, 3.05) is 17.7 Å². The molecule has 2 N–H and O–H groups in total. The average Bonchev–Trinajstić information content (AvgIpc) is 3.22. The van der Waals surface area contributed by atoms with Gasteiger partial charge in [0.05, 0.1) is 41.2 Å². The summed E-state index contributed by atoms with van der Waals surface area (Å²) in [4.78, 5) is 24.3. The summed E-state index contributed by atoms with van der Waals surface area (Å²) in [7, 11) is 0. The summed E-state index contributed by atoms with van der Waals surface area (Å²) < 4.78 is 10.7. The van der Waals surface area contributed by atoms with Gasteiger partial charge in [-0.2, -0.15) is 5.26 Å². The zero-order chi connectivity index (χ0) is 19.9. The van der Waals surface area contributed by atoms with Crippen molar-refractivity contribution in [3.05, 3.63) is 59.0 Å². The number of nitrogens with one attached hydrogen (secondary N) is 2. The lowest BCUT2D eigenvalue weighted by Crippen LogP contribution is -2.31. The molecule has 1 aromatic heterocycles. The van der Waals surface area contributed by atoms with Crippen LogP contribution in [0.3, 0.4) is 0 Å². The molecular formula is C20H19N3O4S. The molecule has 7 nitrogen and oxygen atoms in total. The first-order chi connectivity index (χ1) is 13.6. The Hall–Kier alpha value is -3.18. The van der Waals surface area contributed by atoms with E-state index in [1.54, 1.807) is 36.4 Å². The molecule has 1 aromatic carbocycles. The van der Waals surface area contributed by atoms with Crippen LogP contribution in [-0.4, -0.2) is 24.2 Å². The van der Waals surface area contributed by atoms with Crippen LogP contribution in [0, 0.1) is 11.3 Å². The first-order valence-electron chi connectivity index (χ1n) is 8.73. The SMILES string of the molecule is CCOc1ccc(NC(=O)CSC2=C(C#N)[C@@H](c3ccco3)CC(=O)N2)cc1. The molecule has 1 aliphatic heterocycles. The summed E-state index contributed by atoms with van der Waals surface area (Å²) in [5.41, 5.74) is 1.04. The number of benzene rings is 1. The predicted molar refractivity (Wildman–Crippen MR) is 106 cm³/mol. The maximum atomic E-state index is 12.3. The van der Waals surface area contributed by atoms with Crippen LogP contribution < -0.4 is 15.4 Å². The maximum absolute atomic E-state index is 12.3. The van der Waals surface area contributed by atoms with Gasteiger partial charge in [-0.15, -0.1) is 0 Å². The molecule has 0 saturated carbocycles. The molecule has 2 aromatic rings. The van der Waals surface area contributed by atoms with Gasteiger partial charge in [0.15, 0.2) is 0 Å². The molecule has 0 saturated heterocycles. The highest BCUT2D eigenvalue weighted by atomic mass is 32.2. The van der Waals surface area contributed by atoms with Crippen LogP contribution in [0.15, 0.2) is 57.7 Å². The molecule has 1 aliphatic rings. The largest absolute Gasteiger partial charge is 0.494 e. The minimum absolute atomic E-state index is 0.0544. The molecule has 3 rings (SSSR count). The van der Waals surface area contributed by atoms with Crippen molar-refractivity contribution in [1.29, 1.82) is 5.26 Å². The Balaban J connectivity index is 1.65. The van der Waals surface area contributed by atoms with Crippen LogP contribution in [0.2, 0.25) is 0 Å². The Morgan fingerprint density at radius 1 is 1.39 bits per heavy atom. The lowest BCUT2D eigenvalue weighted by Gasteiger charge is -2.23. The maximum Gasteiger partial charge on any atom is 0.234 e. The Bertz CT molecular complexity index is 914. The quantitative estimate of drug-likeness (QED) is 0.742. The first-order valence-corrected chi connectivity index (χ1v) is 9.72. The van der Waals surface area contributed by atoms with Crippen molar-refractivity contribution in [3.8, 4) is 11.8 Å². The molecule has 2 amide bonds. The van der Waals surface area contributed by atoms with Crippen LogP contribution in [0.25, 0.3) is 0 Å². The van der Waals surface area contributed by atoms with Gasteiger partial charge in [-0.1, -0.05) is 11.8 Å². The number of thioether (sulfide) groups is 1. The number of nitrogens with zero attached hydrogens (tertiary/aromatic N) is 1. The van der Waals surface area contributed by atoms with Crippen molar-refractivity contribution in [2.24, 2.45) is 0 Å². The lowest BCUT2D eigenvalue weighted by atomic mass is 9.92. The number of ether oxygens (including phenoxy) is 1. The van der Waals surface area contributed by atoms with E-state index in [1.807, 2.05) is 6.92 Å². The summed E-state index contributed by atoms with van der Waals surface area (Å²) in [6, 6.07) is 12.7. The third kappa shape index (κ3) is 4.75. The van der Waals surface area contributed by atoms with Crippen molar-refractivity contribution < 1.29 is 18.7 Å². The smallest absolute Gasteiger partial charge is 0.234 e. The standard InChI is InChI=1S/C20H19N3O4S/c1-2-26-14-7-5-13(6-8-14)22-19(25)12-28-20-16(11-21)15(10-18(24)23-20)17-4-3-9-27-17/h3-9,15H,2,10,12H2,1H3,(H,22,25)(H,23,24)/t15-/m0/s1. The highest BCUT2D eigenvalue weighted by Gasteiger charge is 2.31. The number of allylic oxidation sites excluding steroid dienone is 1. The van der Waals surface area contributed by atoms with E-state index >= 15 is 0 Å². The minimum Gasteiger partial charge on any atom is -0.494 e. The zero-order valence-corrected chi connectivity index (χ0v) is 16.0. The Kier molecular flexibility index (Phi) is 6.40. The van der Waals surface area contributed by atoms with Gasteiger partial charge in [-0.05, 0) is 43.3 Å². The molecule has 2 heterocycles. The minimum atomic E-state index is -0.439. The number of hydrogen-bond donors (Lipinski definition) is 2. The number of carbonyl (C=O) groups is 2. The molecule has 0 bridgehead atoms. The molecule has 28 heavy (non-hydrogen) atoms. The van der Waals surface area contributed by atoms with Gasteiger partial charge < -0.3 is 19.8 Å². The Labute approximate surface area is 166 Å². The summed E-state index contributed by atoms with van der Waals surface area (Å²) in [5, 5.41) is 15.4. The van der Waals surface area contributed by atoms with Crippen molar-refractivity contribution in [1.82, 2.24) is 5.32 Å². The number of nitriles is 1. The summed E-state index contributed by atoms with van der Waals surface area (Å²) in [6.45, 7) is 2.47. The number of rotatable bonds is 7. The molecular weight excluding hydrogens is 378 g/mol. The fourth-order valence-corrected chi connectivity index (χ4v) is 3.68. The third-order valence-electron chi connectivity index (χ3n) is 4.04. The normalized spacial score (nSPS) is 16.3.